The van der Waals surface area contributed by atoms with Gasteiger partial charge in [-0.05, 0) is 30.7 Å². The van der Waals surface area contributed by atoms with Gasteiger partial charge in [-0.15, -0.1) is 0 Å². The number of aliphatic hydroxyl groups is 1. The van der Waals surface area contributed by atoms with Gasteiger partial charge in [-0.2, -0.15) is 0 Å². The topological polar surface area (TPSA) is 60.2 Å². The molecule has 3 aromatic rings. The molecular weight excluding hydrogens is 426 g/mol. The smallest absolute Gasteiger partial charge is 0.290 e. The molecule has 7 heteroatoms. The van der Waals surface area contributed by atoms with Crippen molar-refractivity contribution in [1.82, 2.24) is 14.7 Å². The van der Waals surface area contributed by atoms with Crippen molar-refractivity contribution in [2.45, 2.75) is 25.6 Å². The lowest BCUT2D eigenvalue weighted by Gasteiger charge is -2.38. The van der Waals surface area contributed by atoms with E-state index in [1.165, 1.54) is 5.56 Å². The fourth-order valence-corrected chi connectivity index (χ4v) is 5.04. The second-order valence-electron chi connectivity index (χ2n) is 8.84. The van der Waals surface area contributed by atoms with E-state index in [1.54, 1.807) is 4.90 Å². The van der Waals surface area contributed by atoms with E-state index in [9.17, 15) is 9.90 Å². The number of aliphatic hydroxyl groups excluding tert-OH is 1. The monoisotopic (exact) mass is 453 g/mol. The van der Waals surface area contributed by atoms with Crippen LogP contribution in [0, 0.1) is 6.92 Å². The fourth-order valence-electron chi connectivity index (χ4n) is 4.92. The summed E-state index contributed by atoms with van der Waals surface area (Å²) in [5.41, 5.74) is 2.84. The molecule has 2 atom stereocenters. The molecule has 2 aliphatic rings. The summed E-state index contributed by atoms with van der Waals surface area (Å²) < 4.78 is 5.87. The summed E-state index contributed by atoms with van der Waals surface area (Å²) in [6, 6.07) is 15.7. The SMILES string of the molecule is Cc1c(C(=O)N2C[C@H](O)[C@@H](N3CCN(Cc4ccc(Cl)cc4)CC3)C2)oc2ccccc12. The minimum Gasteiger partial charge on any atom is -0.451 e. The zero-order valence-corrected chi connectivity index (χ0v) is 19.0. The molecule has 0 bridgehead atoms. The summed E-state index contributed by atoms with van der Waals surface area (Å²) >= 11 is 5.98. The number of piperazine rings is 1. The Labute approximate surface area is 193 Å². The van der Waals surface area contributed by atoms with Crippen LogP contribution in [-0.2, 0) is 6.54 Å². The number of aryl methyl sites for hydroxylation is 1. The highest BCUT2D eigenvalue weighted by Gasteiger charge is 2.40. The van der Waals surface area contributed by atoms with Crippen LogP contribution in [0.5, 0.6) is 0 Å². The highest BCUT2D eigenvalue weighted by atomic mass is 35.5. The van der Waals surface area contributed by atoms with Crippen LogP contribution in [-0.4, -0.2) is 77.1 Å². The molecule has 0 saturated carbocycles. The van der Waals surface area contributed by atoms with Crippen molar-refractivity contribution in [3.8, 4) is 0 Å². The van der Waals surface area contributed by atoms with E-state index in [0.29, 0.717) is 18.8 Å². The quantitative estimate of drug-likeness (QED) is 0.656. The van der Waals surface area contributed by atoms with Gasteiger partial charge in [-0.3, -0.25) is 14.6 Å². The van der Waals surface area contributed by atoms with E-state index in [2.05, 4.69) is 21.9 Å². The van der Waals surface area contributed by atoms with Crippen LogP contribution in [0.1, 0.15) is 21.7 Å². The third-order valence-electron chi connectivity index (χ3n) is 6.78. The minimum absolute atomic E-state index is 0.0404. The molecule has 0 unspecified atom stereocenters. The lowest BCUT2D eigenvalue weighted by Crippen LogP contribution is -2.53. The van der Waals surface area contributed by atoms with E-state index in [-0.39, 0.29) is 11.9 Å². The van der Waals surface area contributed by atoms with Gasteiger partial charge in [0.25, 0.3) is 5.91 Å². The van der Waals surface area contributed by atoms with Crippen molar-refractivity contribution < 1.29 is 14.3 Å². The summed E-state index contributed by atoms with van der Waals surface area (Å²) in [6.45, 7) is 7.29. The Morgan fingerprint density at radius 3 is 2.50 bits per heavy atom. The van der Waals surface area contributed by atoms with Gasteiger partial charge in [-0.1, -0.05) is 41.9 Å². The number of para-hydroxylation sites is 1. The summed E-state index contributed by atoms with van der Waals surface area (Å²) in [5.74, 6) is 0.244. The van der Waals surface area contributed by atoms with Crippen LogP contribution in [0.25, 0.3) is 11.0 Å². The maximum Gasteiger partial charge on any atom is 0.290 e. The van der Waals surface area contributed by atoms with E-state index in [1.807, 2.05) is 43.3 Å². The number of rotatable bonds is 4. The van der Waals surface area contributed by atoms with Gasteiger partial charge in [0.1, 0.15) is 5.58 Å². The van der Waals surface area contributed by atoms with Crippen molar-refractivity contribution in [2.75, 3.05) is 39.3 Å². The lowest BCUT2D eigenvalue weighted by molar-refractivity contribution is 0.0423. The molecule has 5 rings (SSSR count). The number of halogens is 1. The van der Waals surface area contributed by atoms with Crippen LogP contribution in [0.3, 0.4) is 0 Å². The van der Waals surface area contributed by atoms with Crippen LogP contribution in [0.2, 0.25) is 5.02 Å². The molecule has 6 nitrogen and oxygen atoms in total. The molecule has 0 aliphatic carbocycles. The number of furan rings is 1. The Bertz CT molecular complexity index is 1110. The number of carbonyl (C=O) groups excluding carboxylic acids is 1. The first-order valence-electron chi connectivity index (χ1n) is 11.2. The van der Waals surface area contributed by atoms with Gasteiger partial charge >= 0.3 is 0 Å². The Morgan fingerprint density at radius 1 is 1.06 bits per heavy atom. The van der Waals surface area contributed by atoms with Crippen molar-refractivity contribution in [2.24, 2.45) is 0 Å². The number of β-amino-alcohol motifs (C(OH)–C–C–N with tert-alkyl or cyclic N) is 1. The molecule has 32 heavy (non-hydrogen) atoms. The zero-order valence-electron chi connectivity index (χ0n) is 18.2. The standard InChI is InChI=1S/C25H28ClN3O3/c1-17-20-4-2-3-5-23(20)32-24(17)25(31)29-15-21(22(30)16-29)28-12-10-27(11-13-28)14-18-6-8-19(26)9-7-18/h2-9,21-22,30H,10-16H2,1H3/t21-,22-/m0/s1. The first-order valence-corrected chi connectivity index (χ1v) is 11.5. The van der Waals surface area contributed by atoms with Crippen molar-refractivity contribution in [1.29, 1.82) is 0 Å². The van der Waals surface area contributed by atoms with E-state index < -0.39 is 6.10 Å². The number of hydrogen-bond acceptors (Lipinski definition) is 5. The predicted octanol–water partition coefficient (Wildman–Crippen LogP) is 3.40. The van der Waals surface area contributed by atoms with Gasteiger partial charge in [0.15, 0.2) is 5.76 Å². The molecule has 2 aromatic carbocycles. The lowest BCUT2D eigenvalue weighted by atomic mass is 10.1. The van der Waals surface area contributed by atoms with Gasteiger partial charge < -0.3 is 14.4 Å². The summed E-state index contributed by atoms with van der Waals surface area (Å²) in [5, 5.41) is 12.5. The molecule has 1 N–H and O–H groups in total. The third kappa shape index (κ3) is 4.16. The number of amides is 1. The molecule has 1 amide bonds. The van der Waals surface area contributed by atoms with Crippen LogP contribution in [0.15, 0.2) is 52.9 Å². The summed E-state index contributed by atoms with van der Waals surface area (Å²) in [6.07, 6.45) is -0.550. The largest absolute Gasteiger partial charge is 0.451 e. The van der Waals surface area contributed by atoms with Gasteiger partial charge in [-0.25, -0.2) is 0 Å². The molecule has 2 fully saturated rings. The van der Waals surface area contributed by atoms with Crippen molar-refractivity contribution in [3.63, 3.8) is 0 Å². The zero-order chi connectivity index (χ0) is 22.2. The highest BCUT2D eigenvalue weighted by molar-refractivity contribution is 6.30. The average Bonchev–Trinajstić information content (AvgIpc) is 3.36. The maximum absolute atomic E-state index is 13.2. The first-order chi connectivity index (χ1) is 15.5. The molecule has 0 radical (unpaired) electrons. The summed E-state index contributed by atoms with van der Waals surface area (Å²) in [7, 11) is 0. The Morgan fingerprint density at radius 2 is 1.78 bits per heavy atom. The van der Waals surface area contributed by atoms with Gasteiger partial charge in [0.05, 0.1) is 12.1 Å². The third-order valence-corrected chi connectivity index (χ3v) is 7.03. The average molecular weight is 454 g/mol. The number of nitrogens with zero attached hydrogens (tertiary/aromatic N) is 3. The molecule has 3 heterocycles. The molecule has 1 aromatic heterocycles. The van der Waals surface area contributed by atoms with Crippen LogP contribution < -0.4 is 0 Å². The normalized spacial score (nSPS) is 22.7. The molecule has 2 saturated heterocycles. The second-order valence-corrected chi connectivity index (χ2v) is 9.27. The molecule has 2 aliphatic heterocycles. The second kappa shape index (κ2) is 8.87. The number of hydrogen-bond donors (Lipinski definition) is 1. The van der Waals surface area contributed by atoms with Crippen LogP contribution >= 0.6 is 11.6 Å². The first kappa shape index (κ1) is 21.5. The predicted molar refractivity (Wildman–Crippen MR) is 125 cm³/mol. The number of benzene rings is 2. The minimum atomic E-state index is -0.550. The molecule has 168 valence electrons. The van der Waals surface area contributed by atoms with E-state index >= 15 is 0 Å². The molecule has 0 spiro atoms. The number of fused-ring (bicyclic) bond motifs is 1. The fraction of sp³-hybridized carbons (Fsp3) is 0.400. The van der Waals surface area contributed by atoms with Crippen LogP contribution in [0.4, 0.5) is 0 Å². The highest BCUT2D eigenvalue weighted by Crippen LogP contribution is 2.28. The Balaban J connectivity index is 1.20. The number of carbonyl (C=O) groups is 1. The maximum atomic E-state index is 13.2. The Hall–Kier alpha value is -2.38. The van der Waals surface area contributed by atoms with Gasteiger partial charge in [0.2, 0.25) is 0 Å². The molecular formula is C25H28ClN3O3. The van der Waals surface area contributed by atoms with E-state index in [0.717, 1.165) is 54.3 Å². The summed E-state index contributed by atoms with van der Waals surface area (Å²) in [4.78, 5) is 19.7. The van der Waals surface area contributed by atoms with Gasteiger partial charge in [0, 0.05) is 61.8 Å². The van der Waals surface area contributed by atoms with Crippen molar-refractivity contribution in [3.05, 3.63) is 70.4 Å². The Kier molecular flexibility index (Phi) is 5.95. The van der Waals surface area contributed by atoms with E-state index in [4.69, 9.17) is 16.0 Å². The van der Waals surface area contributed by atoms with Crippen molar-refractivity contribution >= 4 is 28.5 Å². The number of likely N-dealkylation sites (tertiary alicyclic amines) is 1.